The van der Waals surface area contributed by atoms with Crippen molar-refractivity contribution in [2.75, 3.05) is 10.6 Å². The van der Waals surface area contributed by atoms with Gasteiger partial charge >= 0.3 is 0 Å². The van der Waals surface area contributed by atoms with Crippen LogP contribution in [0.25, 0.3) is 10.9 Å². The van der Waals surface area contributed by atoms with Crippen molar-refractivity contribution < 1.29 is 0 Å². The Balaban J connectivity index is 1.28. The van der Waals surface area contributed by atoms with Gasteiger partial charge in [0.05, 0.1) is 6.04 Å². The highest BCUT2D eigenvalue weighted by Crippen LogP contribution is 2.34. The molecular weight excluding hydrogens is 362 g/mol. The van der Waals surface area contributed by atoms with E-state index in [-0.39, 0.29) is 6.04 Å². The number of anilines is 3. The van der Waals surface area contributed by atoms with Crippen LogP contribution in [0.4, 0.5) is 17.6 Å². The first kappa shape index (κ1) is 17.7. The number of nitrogens with one attached hydrogen (secondary N) is 4. The van der Waals surface area contributed by atoms with Gasteiger partial charge in [0.1, 0.15) is 5.82 Å². The van der Waals surface area contributed by atoms with Crippen molar-refractivity contribution in [3.05, 3.63) is 60.0 Å². The Morgan fingerprint density at radius 3 is 2.86 bits per heavy atom. The largest absolute Gasteiger partial charge is 0.361 e. The van der Waals surface area contributed by atoms with Gasteiger partial charge in [-0.1, -0.05) is 18.9 Å². The second-order valence-corrected chi connectivity index (χ2v) is 7.77. The smallest absolute Gasteiger partial charge is 0.225 e. The maximum absolute atomic E-state index is 4.60. The molecule has 3 heterocycles. The molecule has 1 aliphatic carbocycles. The van der Waals surface area contributed by atoms with Gasteiger partial charge in [0, 0.05) is 35.6 Å². The van der Waals surface area contributed by atoms with E-state index in [1.54, 1.807) is 6.20 Å². The molecule has 5 rings (SSSR count). The topological polar surface area (TPSA) is 94.3 Å². The van der Waals surface area contributed by atoms with Gasteiger partial charge in [-0.3, -0.25) is 5.10 Å². The number of fused-ring (bicyclic) bond motifs is 1. The van der Waals surface area contributed by atoms with Crippen LogP contribution in [0.5, 0.6) is 0 Å². The third-order valence-electron chi connectivity index (χ3n) is 5.73. The van der Waals surface area contributed by atoms with Gasteiger partial charge in [0.2, 0.25) is 5.95 Å². The second kappa shape index (κ2) is 7.58. The first-order chi connectivity index (χ1) is 14.2. The summed E-state index contributed by atoms with van der Waals surface area (Å²) in [5, 5.41) is 15.4. The van der Waals surface area contributed by atoms with Gasteiger partial charge in [-0.05, 0) is 55.0 Å². The molecule has 7 heteroatoms. The van der Waals surface area contributed by atoms with Crippen LogP contribution < -0.4 is 10.6 Å². The molecule has 3 aromatic heterocycles. The van der Waals surface area contributed by atoms with E-state index in [2.05, 4.69) is 73.0 Å². The standard InChI is InChI=1S/C22H25N7/c1-14(16-6-7-18-17(12-16)8-10-23-18)25-22-24-11-9-20(27-22)26-21-13-19(28-29-21)15-4-2-3-5-15/h6-15,23H,2-5H2,1H3,(H3,24,25,26,27,28,29)/t14-/m0/s1. The Morgan fingerprint density at radius 2 is 1.97 bits per heavy atom. The van der Waals surface area contributed by atoms with E-state index >= 15 is 0 Å². The van der Waals surface area contributed by atoms with Gasteiger partial charge < -0.3 is 15.6 Å². The molecule has 1 saturated carbocycles. The SMILES string of the molecule is C[C@H](Nc1nccc(Nc2cc(C3CCCC3)[nH]n2)n1)c1ccc2[nH]ccc2c1. The number of hydrogen-bond donors (Lipinski definition) is 4. The van der Waals surface area contributed by atoms with Crippen molar-refractivity contribution in [1.82, 2.24) is 25.1 Å². The molecule has 0 radical (unpaired) electrons. The Labute approximate surface area is 169 Å². The normalized spacial score (nSPS) is 15.6. The first-order valence-corrected chi connectivity index (χ1v) is 10.2. The molecule has 0 amide bonds. The van der Waals surface area contributed by atoms with Crippen LogP contribution >= 0.6 is 0 Å². The first-order valence-electron chi connectivity index (χ1n) is 10.2. The van der Waals surface area contributed by atoms with Crippen LogP contribution in [0, 0.1) is 0 Å². The second-order valence-electron chi connectivity index (χ2n) is 7.77. The summed E-state index contributed by atoms with van der Waals surface area (Å²) < 4.78 is 0. The average Bonchev–Trinajstić information content (AvgIpc) is 3.48. The Bertz CT molecular complexity index is 1110. The highest BCUT2D eigenvalue weighted by atomic mass is 15.2. The summed E-state index contributed by atoms with van der Waals surface area (Å²) in [7, 11) is 0. The van der Waals surface area contributed by atoms with Crippen LogP contribution in [-0.2, 0) is 0 Å². The predicted molar refractivity (Wildman–Crippen MR) is 115 cm³/mol. The summed E-state index contributed by atoms with van der Waals surface area (Å²) in [6, 6.07) is 12.5. The number of benzene rings is 1. The molecular formula is C22H25N7. The minimum Gasteiger partial charge on any atom is -0.361 e. The lowest BCUT2D eigenvalue weighted by atomic mass is 10.0. The fourth-order valence-electron chi connectivity index (χ4n) is 4.09. The molecule has 0 spiro atoms. The number of H-pyrrole nitrogens is 2. The highest BCUT2D eigenvalue weighted by Gasteiger charge is 2.19. The van der Waals surface area contributed by atoms with E-state index in [1.165, 1.54) is 42.3 Å². The van der Waals surface area contributed by atoms with Crippen LogP contribution in [-0.4, -0.2) is 25.1 Å². The van der Waals surface area contributed by atoms with Gasteiger partial charge in [-0.25, -0.2) is 4.98 Å². The summed E-state index contributed by atoms with van der Waals surface area (Å²) in [6.45, 7) is 2.11. The maximum atomic E-state index is 4.60. The molecule has 148 valence electrons. The zero-order valence-corrected chi connectivity index (χ0v) is 16.4. The van der Waals surface area contributed by atoms with Crippen LogP contribution in [0.2, 0.25) is 0 Å². The molecule has 4 aromatic rings. The van der Waals surface area contributed by atoms with Crippen molar-refractivity contribution in [3.8, 4) is 0 Å². The number of hydrogen-bond acceptors (Lipinski definition) is 5. The van der Waals surface area contributed by atoms with E-state index in [9.17, 15) is 0 Å². The number of aromatic nitrogens is 5. The molecule has 1 fully saturated rings. The zero-order valence-electron chi connectivity index (χ0n) is 16.4. The van der Waals surface area contributed by atoms with E-state index in [4.69, 9.17) is 0 Å². The zero-order chi connectivity index (χ0) is 19.6. The summed E-state index contributed by atoms with van der Waals surface area (Å²) in [6.07, 6.45) is 8.82. The Morgan fingerprint density at radius 1 is 1.07 bits per heavy atom. The molecule has 29 heavy (non-hydrogen) atoms. The quantitative estimate of drug-likeness (QED) is 0.362. The van der Waals surface area contributed by atoms with Gasteiger partial charge in [-0.15, -0.1) is 0 Å². The summed E-state index contributed by atoms with van der Waals surface area (Å²) >= 11 is 0. The van der Waals surface area contributed by atoms with Gasteiger partial charge in [0.25, 0.3) is 0 Å². The minimum atomic E-state index is 0.0869. The van der Waals surface area contributed by atoms with Crippen molar-refractivity contribution in [3.63, 3.8) is 0 Å². The summed E-state index contributed by atoms with van der Waals surface area (Å²) in [5.74, 6) is 2.71. The molecule has 0 bridgehead atoms. The third kappa shape index (κ3) is 3.81. The average molecular weight is 387 g/mol. The number of aromatic amines is 2. The monoisotopic (exact) mass is 387 g/mol. The lowest BCUT2D eigenvalue weighted by molar-refractivity contribution is 0.693. The van der Waals surface area contributed by atoms with E-state index in [0.29, 0.717) is 11.9 Å². The molecule has 1 aliphatic rings. The molecule has 1 aromatic carbocycles. The molecule has 1 atom stereocenters. The van der Waals surface area contributed by atoms with Crippen LogP contribution in [0.1, 0.15) is 55.8 Å². The fourth-order valence-corrected chi connectivity index (χ4v) is 4.09. The van der Waals surface area contributed by atoms with Crippen molar-refractivity contribution in [1.29, 1.82) is 0 Å². The molecule has 7 nitrogen and oxygen atoms in total. The predicted octanol–water partition coefficient (Wildman–Crippen LogP) is 5.26. The van der Waals surface area contributed by atoms with Crippen molar-refractivity contribution >= 4 is 28.5 Å². The lowest BCUT2D eigenvalue weighted by Crippen LogP contribution is -2.10. The van der Waals surface area contributed by atoms with E-state index in [0.717, 1.165) is 17.2 Å². The Hall–Kier alpha value is -3.35. The highest BCUT2D eigenvalue weighted by molar-refractivity contribution is 5.80. The van der Waals surface area contributed by atoms with Gasteiger partial charge in [-0.2, -0.15) is 10.1 Å². The van der Waals surface area contributed by atoms with E-state index < -0.39 is 0 Å². The fraction of sp³-hybridized carbons (Fsp3) is 0.318. The van der Waals surface area contributed by atoms with E-state index in [1.807, 2.05) is 12.3 Å². The summed E-state index contributed by atoms with van der Waals surface area (Å²) in [4.78, 5) is 12.2. The molecule has 0 saturated heterocycles. The van der Waals surface area contributed by atoms with Crippen molar-refractivity contribution in [2.24, 2.45) is 0 Å². The minimum absolute atomic E-state index is 0.0869. The van der Waals surface area contributed by atoms with Crippen LogP contribution in [0.3, 0.4) is 0 Å². The van der Waals surface area contributed by atoms with Crippen molar-refractivity contribution in [2.45, 2.75) is 44.6 Å². The number of rotatable bonds is 6. The van der Waals surface area contributed by atoms with Gasteiger partial charge in [0.15, 0.2) is 5.82 Å². The Kier molecular flexibility index (Phi) is 4.63. The van der Waals surface area contributed by atoms with Crippen LogP contribution in [0.15, 0.2) is 48.8 Å². The lowest BCUT2D eigenvalue weighted by Gasteiger charge is -2.15. The summed E-state index contributed by atoms with van der Waals surface area (Å²) in [5.41, 5.74) is 3.54. The number of nitrogens with zero attached hydrogens (tertiary/aromatic N) is 3. The maximum Gasteiger partial charge on any atom is 0.225 e. The third-order valence-corrected chi connectivity index (χ3v) is 5.73. The molecule has 0 aliphatic heterocycles. The molecule has 0 unspecified atom stereocenters. The molecule has 4 N–H and O–H groups in total.